The number of carboxylic acid groups (broad SMARTS) is 1. The molecule has 192 valence electrons. The molecule has 2 amide bonds. The fourth-order valence-electron chi connectivity index (χ4n) is 4.69. The largest absolute Gasteiger partial charge is 0.478 e. The number of carboxylic acids is 1. The number of rotatable bonds is 9. The number of aromatic carboxylic acids is 1. The molecule has 0 spiro atoms. The highest BCUT2D eigenvalue weighted by atomic mass is 35.5. The fourth-order valence-corrected chi connectivity index (χ4v) is 4.86. The van der Waals surface area contributed by atoms with Crippen molar-refractivity contribution in [3.63, 3.8) is 0 Å². The Morgan fingerprint density at radius 1 is 0.838 bits per heavy atom. The quantitative estimate of drug-likeness (QED) is 0.411. The summed E-state index contributed by atoms with van der Waals surface area (Å²) in [5, 5.41) is 12.2. The number of carbonyl (C=O) groups excluding carboxylic acids is 2. The number of piperazine rings is 1. The zero-order valence-corrected chi connectivity index (χ0v) is 21.2. The monoisotopic (exact) mass is 519 g/mol. The van der Waals surface area contributed by atoms with Crippen LogP contribution in [0, 0.1) is 0 Å². The summed E-state index contributed by atoms with van der Waals surface area (Å²) in [5.74, 6) is -1.48. The van der Waals surface area contributed by atoms with Crippen molar-refractivity contribution in [2.45, 2.75) is 25.3 Å². The molecule has 1 saturated heterocycles. The Hall–Kier alpha value is -3.68. The average molecular weight is 520 g/mol. The lowest BCUT2D eigenvalue weighted by molar-refractivity contribution is -0.133. The number of halogens is 1. The number of hydrogen-bond donors (Lipinski definition) is 2. The van der Waals surface area contributed by atoms with Crippen LogP contribution >= 0.6 is 11.6 Å². The van der Waals surface area contributed by atoms with Crippen molar-refractivity contribution in [1.82, 2.24) is 9.80 Å². The van der Waals surface area contributed by atoms with Crippen LogP contribution in [0.15, 0.2) is 78.9 Å². The summed E-state index contributed by atoms with van der Waals surface area (Å²) in [4.78, 5) is 40.8. The van der Waals surface area contributed by atoms with Gasteiger partial charge in [0.2, 0.25) is 11.8 Å². The highest BCUT2D eigenvalue weighted by Gasteiger charge is 2.28. The molecule has 1 aliphatic rings. The smallest absolute Gasteiger partial charge is 0.337 e. The van der Waals surface area contributed by atoms with Crippen molar-refractivity contribution < 1.29 is 19.5 Å². The molecule has 2 N–H and O–H groups in total. The van der Waals surface area contributed by atoms with E-state index < -0.39 is 5.97 Å². The maximum absolute atomic E-state index is 12.8. The second kappa shape index (κ2) is 12.5. The standard InChI is InChI=1S/C29H30ClN3O4/c30-23-14-15-25(24(20-23)29(36)37)31-26(34)12-7-13-27(35)32-16-18-33(19-17-32)28(21-8-3-1-4-9-21)22-10-5-2-6-11-22/h1-6,8-11,14-15,20,28H,7,12-13,16-19H2,(H,31,34)(H,36,37). The maximum Gasteiger partial charge on any atom is 0.337 e. The molecule has 0 aliphatic carbocycles. The number of benzene rings is 3. The number of anilines is 1. The predicted molar refractivity (Wildman–Crippen MR) is 144 cm³/mol. The van der Waals surface area contributed by atoms with Crippen molar-refractivity contribution in [2.24, 2.45) is 0 Å². The number of carbonyl (C=O) groups is 3. The van der Waals surface area contributed by atoms with Crippen molar-refractivity contribution in [3.8, 4) is 0 Å². The van der Waals surface area contributed by atoms with Gasteiger partial charge >= 0.3 is 5.97 Å². The molecule has 3 aromatic carbocycles. The molecule has 0 aromatic heterocycles. The van der Waals surface area contributed by atoms with E-state index in [1.54, 1.807) is 0 Å². The Bertz CT molecular complexity index is 1190. The summed E-state index contributed by atoms with van der Waals surface area (Å²) in [6.07, 6.45) is 0.773. The molecule has 3 aromatic rings. The van der Waals surface area contributed by atoms with E-state index in [0.29, 0.717) is 19.5 Å². The minimum atomic E-state index is -1.17. The van der Waals surface area contributed by atoms with E-state index in [1.165, 1.54) is 29.3 Å². The van der Waals surface area contributed by atoms with Crippen LogP contribution in [0.5, 0.6) is 0 Å². The molecule has 4 rings (SSSR count). The first-order chi connectivity index (χ1) is 17.9. The van der Waals surface area contributed by atoms with Crippen LogP contribution in [-0.2, 0) is 9.59 Å². The second-order valence-corrected chi connectivity index (χ2v) is 9.47. The Morgan fingerprint density at radius 2 is 1.43 bits per heavy atom. The third-order valence-corrected chi connectivity index (χ3v) is 6.78. The minimum Gasteiger partial charge on any atom is -0.478 e. The average Bonchev–Trinajstić information content (AvgIpc) is 2.91. The van der Waals surface area contributed by atoms with Gasteiger partial charge in [0.25, 0.3) is 0 Å². The molecule has 0 atom stereocenters. The predicted octanol–water partition coefficient (Wildman–Crippen LogP) is 5.08. The van der Waals surface area contributed by atoms with Crippen LogP contribution in [0.25, 0.3) is 0 Å². The molecule has 1 fully saturated rings. The van der Waals surface area contributed by atoms with Crippen LogP contribution in [-0.4, -0.2) is 58.9 Å². The normalized spacial score (nSPS) is 13.9. The molecule has 0 radical (unpaired) electrons. The van der Waals surface area contributed by atoms with E-state index >= 15 is 0 Å². The topological polar surface area (TPSA) is 90.0 Å². The number of nitrogens with one attached hydrogen (secondary N) is 1. The van der Waals surface area contributed by atoms with E-state index in [-0.39, 0.29) is 47.0 Å². The first kappa shape index (κ1) is 26.4. The van der Waals surface area contributed by atoms with Gasteiger partial charge in [0.15, 0.2) is 0 Å². The molecule has 0 saturated carbocycles. The van der Waals surface area contributed by atoms with E-state index in [9.17, 15) is 19.5 Å². The third kappa shape index (κ3) is 6.96. The molecule has 0 bridgehead atoms. The lowest BCUT2D eigenvalue weighted by atomic mass is 9.96. The summed E-state index contributed by atoms with van der Waals surface area (Å²) in [5.41, 5.74) is 2.58. The molecule has 0 unspecified atom stereocenters. The van der Waals surface area contributed by atoms with Crippen LogP contribution in [0.4, 0.5) is 5.69 Å². The van der Waals surface area contributed by atoms with Gasteiger partial charge in [-0.3, -0.25) is 14.5 Å². The summed E-state index contributed by atoms with van der Waals surface area (Å²) < 4.78 is 0. The summed E-state index contributed by atoms with van der Waals surface area (Å²) in [6, 6.07) is 25.2. The zero-order chi connectivity index (χ0) is 26.2. The van der Waals surface area contributed by atoms with Gasteiger partial charge < -0.3 is 15.3 Å². The van der Waals surface area contributed by atoms with Crippen molar-refractivity contribution in [3.05, 3.63) is 101 Å². The van der Waals surface area contributed by atoms with Gasteiger partial charge in [0.1, 0.15) is 0 Å². The number of nitrogens with zero attached hydrogens (tertiary/aromatic N) is 2. The van der Waals surface area contributed by atoms with E-state index in [0.717, 1.165) is 13.1 Å². The second-order valence-electron chi connectivity index (χ2n) is 9.04. The first-order valence-electron chi connectivity index (χ1n) is 12.4. The van der Waals surface area contributed by atoms with Gasteiger partial charge in [-0.05, 0) is 35.7 Å². The Balaban J connectivity index is 1.27. The number of hydrogen-bond acceptors (Lipinski definition) is 4. The Morgan fingerprint density at radius 3 is 2.00 bits per heavy atom. The minimum absolute atomic E-state index is 0.0288. The molecule has 1 heterocycles. The van der Waals surface area contributed by atoms with E-state index in [1.807, 2.05) is 17.0 Å². The molecular formula is C29H30ClN3O4. The highest BCUT2D eigenvalue weighted by molar-refractivity contribution is 6.31. The lowest BCUT2D eigenvalue weighted by Crippen LogP contribution is -2.49. The van der Waals surface area contributed by atoms with Crippen LogP contribution in [0.1, 0.15) is 46.8 Å². The Kier molecular flexibility index (Phi) is 8.93. The van der Waals surface area contributed by atoms with Crippen LogP contribution in [0.3, 0.4) is 0 Å². The van der Waals surface area contributed by atoms with Gasteiger partial charge in [-0.25, -0.2) is 4.79 Å². The van der Waals surface area contributed by atoms with Crippen molar-refractivity contribution in [2.75, 3.05) is 31.5 Å². The zero-order valence-electron chi connectivity index (χ0n) is 20.5. The highest BCUT2D eigenvalue weighted by Crippen LogP contribution is 2.29. The lowest BCUT2D eigenvalue weighted by Gasteiger charge is -2.40. The van der Waals surface area contributed by atoms with E-state index in [2.05, 4.69) is 58.7 Å². The molecule has 37 heavy (non-hydrogen) atoms. The van der Waals surface area contributed by atoms with Gasteiger partial charge in [-0.2, -0.15) is 0 Å². The molecule has 8 heteroatoms. The van der Waals surface area contributed by atoms with Crippen LogP contribution < -0.4 is 5.32 Å². The summed E-state index contributed by atoms with van der Waals surface area (Å²) in [7, 11) is 0. The SMILES string of the molecule is O=C(CCCC(=O)N1CCN(C(c2ccccc2)c2ccccc2)CC1)Nc1ccc(Cl)cc1C(=O)O. The van der Waals surface area contributed by atoms with Crippen LogP contribution in [0.2, 0.25) is 5.02 Å². The van der Waals surface area contributed by atoms with Crippen molar-refractivity contribution >= 4 is 35.1 Å². The summed E-state index contributed by atoms with van der Waals surface area (Å²) in [6.45, 7) is 2.78. The molecular weight excluding hydrogens is 490 g/mol. The number of amides is 2. The summed E-state index contributed by atoms with van der Waals surface area (Å²) >= 11 is 5.86. The molecule has 1 aliphatic heterocycles. The third-order valence-electron chi connectivity index (χ3n) is 6.54. The Labute approximate surface area is 221 Å². The van der Waals surface area contributed by atoms with Gasteiger partial charge in [-0.1, -0.05) is 72.3 Å². The van der Waals surface area contributed by atoms with Crippen molar-refractivity contribution in [1.29, 1.82) is 0 Å². The first-order valence-corrected chi connectivity index (χ1v) is 12.7. The molecule has 7 nitrogen and oxygen atoms in total. The van der Waals surface area contributed by atoms with Gasteiger partial charge in [0.05, 0.1) is 17.3 Å². The van der Waals surface area contributed by atoms with Gasteiger partial charge in [-0.15, -0.1) is 0 Å². The maximum atomic E-state index is 12.8. The van der Waals surface area contributed by atoms with Gasteiger partial charge in [0, 0.05) is 44.0 Å². The van der Waals surface area contributed by atoms with E-state index in [4.69, 9.17) is 11.6 Å². The fraction of sp³-hybridized carbons (Fsp3) is 0.276.